The molecule has 1 amide bonds. The maximum Gasteiger partial charge on any atom is 0.254 e. The maximum absolute atomic E-state index is 13.3. The molecule has 0 unspecified atom stereocenters. The Kier molecular flexibility index (Phi) is 4.87. The fourth-order valence-electron chi connectivity index (χ4n) is 3.30. The van der Waals surface area contributed by atoms with Crippen molar-refractivity contribution in [1.29, 1.82) is 0 Å². The first-order valence-corrected chi connectivity index (χ1v) is 9.71. The molecule has 0 spiro atoms. The largest absolute Gasteiger partial charge is 0.365 e. The SMILES string of the molecule is C=N/C(NC1(C)CC1)=C(\C)C(C(=O)N1CCc2sccc2C1)=C(C)C. The summed E-state index contributed by atoms with van der Waals surface area (Å²) in [6, 6.07) is 2.14. The molecule has 1 fully saturated rings. The highest BCUT2D eigenvalue weighted by Crippen LogP contribution is 2.36. The normalized spacial score (nSPS) is 18.8. The van der Waals surface area contributed by atoms with Crippen molar-refractivity contribution in [3.05, 3.63) is 44.4 Å². The summed E-state index contributed by atoms with van der Waals surface area (Å²) in [5.41, 5.74) is 4.05. The first-order valence-electron chi connectivity index (χ1n) is 8.83. The zero-order valence-electron chi connectivity index (χ0n) is 15.6. The highest BCUT2D eigenvalue weighted by atomic mass is 32.1. The van der Waals surface area contributed by atoms with Gasteiger partial charge in [0, 0.05) is 34.7 Å². The van der Waals surface area contributed by atoms with Crippen LogP contribution in [0.1, 0.15) is 51.0 Å². The predicted octanol–water partition coefficient (Wildman–Crippen LogP) is 4.04. The summed E-state index contributed by atoms with van der Waals surface area (Å²) >= 11 is 1.79. The lowest BCUT2D eigenvalue weighted by Crippen LogP contribution is -2.37. The molecular weight excluding hydrogens is 330 g/mol. The van der Waals surface area contributed by atoms with Gasteiger partial charge in [0.15, 0.2) is 0 Å². The van der Waals surface area contributed by atoms with E-state index in [2.05, 4.69) is 35.4 Å². The van der Waals surface area contributed by atoms with Gasteiger partial charge in [0.05, 0.1) is 0 Å². The monoisotopic (exact) mass is 357 g/mol. The number of thiophene rings is 1. The third-order valence-electron chi connectivity index (χ3n) is 5.12. The Hall–Kier alpha value is -1.88. The van der Waals surface area contributed by atoms with Crippen molar-refractivity contribution in [2.24, 2.45) is 4.99 Å². The number of carbonyl (C=O) groups is 1. The molecule has 0 saturated heterocycles. The average molecular weight is 358 g/mol. The van der Waals surface area contributed by atoms with E-state index in [4.69, 9.17) is 0 Å². The van der Waals surface area contributed by atoms with Crippen LogP contribution in [0.15, 0.2) is 39.0 Å². The molecule has 0 atom stereocenters. The molecule has 134 valence electrons. The molecule has 0 aromatic carbocycles. The van der Waals surface area contributed by atoms with Gasteiger partial charge in [0.1, 0.15) is 5.82 Å². The van der Waals surface area contributed by atoms with Crippen LogP contribution in [0, 0.1) is 0 Å². The average Bonchev–Trinajstić information content (AvgIpc) is 3.11. The van der Waals surface area contributed by atoms with Crippen LogP contribution in [0.3, 0.4) is 0 Å². The second-order valence-electron chi connectivity index (χ2n) is 7.54. The van der Waals surface area contributed by atoms with E-state index in [1.807, 2.05) is 25.7 Å². The number of carbonyl (C=O) groups excluding carboxylic acids is 1. The van der Waals surface area contributed by atoms with E-state index in [9.17, 15) is 4.79 Å². The van der Waals surface area contributed by atoms with Crippen molar-refractivity contribution in [2.45, 2.75) is 59.0 Å². The topological polar surface area (TPSA) is 44.7 Å². The number of allylic oxidation sites excluding steroid dienone is 1. The minimum Gasteiger partial charge on any atom is -0.365 e. The molecule has 2 aliphatic rings. The highest BCUT2D eigenvalue weighted by molar-refractivity contribution is 7.10. The summed E-state index contributed by atoms with van der Waals surface area (Å²) < 4.78 is 0. The second-order valence-corrected chi connectivity index (χ2v) is 8.54. The lowest BCUT2D eigenvalue weighted by molar-refractivity contribution is -0.127. The van der Waals surface area contributed by atoms with Crippen LogP contribution in [0.5, 0.6) is 0 Å². The predicted molar refractivity (Wildman–Crippen MR) is 105 cm³/mol. The minimum atomic E-state index is 0.0956. The van der Waals surface area contributed by atoms with E-state index in [0.29, 0.717) is 6.54 Å². The molecule has 1 aliphatic carbocycles. The Morgan fingerprint density at radius 3 is 2.68 bits per heavy atom. The highest BCUT2D eigenvalue weighted by Gasteiger charge is 2.38. The van der Waals surface area contributed by atoms with Gasteiger partial charge in [0.2, 0.25) is 0 Å². The summed E-state index contributed by atoms with van der Waals surface area (Å²) in [4.78, 5) is 20.8. The van der Waals surface area contributed by atoms with E-state index < -0.39 is 0 Å². The summed E-state index contributed by atoms with van der Waals surface area (Å²) in [5.74, 6) is 0.830. The molecule has 25 heavy (non-hydrogen) atoms. The Bertz CT molecular complexity index is 764. The van der Waals surface area contributed by atoms with Crippen molar-refractivity contribution >= 4 is 24.0 Å². The van der Waals surface area contributed by atoms with Crippen molar-refractivity contribution < 1.29 is 4.79 Å². The Labute approximate surface area is 154 Å². The van der Waals surface area contributed by atoms with Crippen molar-refractivity contribution in [3.8, 4) is 0 Å². The fraction of sp³-hybridized carbons (Fsp3) is 0.500. The molecule has 0 bridgehead atoms. The van der Waals surface area contributed by atoms with Crippen LogP contribution in [-0.4, -0.2) is 29.6 Å². The Morgan fingerprint density at radius 1 is 1.36 bits per heavy atom. The number of nitrogens with zero attached hydrogens (tertiary/aromatic N) is 2. The summed E-state index contributed by atoms with van der Waals surface area (Å²) in [7, 11) is 0. The molecule has 2 heterocycles. The second kappa shape index (κ2) is 6.79. The number of aliphatic imine (C=N–C) groups is 1. The lowest BCUT2D eigenvalue weighted by atomic mass is 9.99. The molecule has 1 N–H and O–H groups in total. The summed E-state index contributed by atoms with van der Waals surface area (Å²) in [5, 5.41) is 5.59. The molecular formula is C20H27N3OS. The number of hydrogen-bond donors (Lipinski definition) is 1. The van der Waals surface area contributed by atoms with E-state index in [1.54, 1.807) is 11.3 Å². The van der Waals surface area contributed by atoms with Crippen LogP contribution in [-0.2, 0) is 17.8 Å². The van der Waals surface area contributed by atoms with Crippen LogP contribution in [0.4, 0.5) is 0 Å². The zero-order chi connectivity index (χ0) is 18.2. The van der Waals surface area contributed by atoms with Crippen molar-refractivity contribution in [3.63, 3.8) is 0 Å². The molecule has 1 aromatic rings. The first-order chi connectivity index (χ1) is 11.8. The van der Waals surface area contributed by atoms with Gasteiger partial charge in [-0.15, -0.1) is 11.3 Å². The van der Waals surface area contributed by atoms with Crippen LogP contribution < -0.4 is 5.32 Å². The molecule has 0 radical (unpaired) electrons. The molecule has 1 aromatic heterocycles. The third kappa shape index (κ3) is 3.71. The van der Waals surface area contributed by atoms with Gasteiger partial charge < -0.3 is 10.2 Å². The third-order valence-corrected chi connectivity index (χ3v) is 6.14. The van der Waals surface area contributed by atoms with Crippen LogP contribution in [0.25, 0.3) is 0 Å². The van der Waals surface area contributed by atoms with Gasteiger partial charge in [-0.25, -0.2) is 4.99 Å². The molecule has 1 saturated carbocycles. The van der Waals surface area contributed by atoms with Gasteiger partial charge in [0.25, 0.3) is 5.91 Å². The minimum absolute atomic E-state index is 0.0956. The Balaban J connectivity index is 1.87. The number of hydrogen-bond acceptors (Lipinski definition) is 4. The van der Waals surface area contributed by atoms with E-state index in [1.165, 1.54) is 10.4 Å². The Morgan fingerprint density at radius 2 is 2.08 bits per heavy atom. The van der Waals surface area contributed by atoms with Gasteiger partial charge in [-0.05, 0) is 70.7 Å². The van der Waals surface area contributed by atoms with Gasteiger partial charge in [-0.2, -0.15) is 0 Å². The molecule has 1 aliphatic heterocycles. The number of nitrogens with one attached hydrogen (secondary N) is 1. The van der Waals surface area contributed by atoms with Crippen LogP contribution >= 0.6 is 11.3 Å². The van der Waals surface area contributed by atoms with Crippen molar-refractivity contribution in [1.82, 2.24) is 10.2 Å². The van der Waals surface area contributed by atoms with E-state index in [0.717, 1.165) is 48.3 Å². The van der Waals surface area contributed by atoms with Gasteiger partial charge in [-0.1, -0.05) is 5.57 Å². The fourth-order valence-corrected chi connectivity index (χ4v) is 4.19. The molecule has 5 heteroatoms. The molecule has 4 nitrogen and oxygen atoms in total. The van der Waals surface area contributed by atoms with Gasteiger partial charge >= 0.3 is 0 Å². The maximum atomic E-state index is 13.3. The number of rotatable bonds is 5. The zero-order valence-corrected chi connectivity index (χ0v) is 16.4. The quantitative estimate of drug-likeness (QED) is 0.491. The molecule has 3 rings (SSSR count). The number of amides is 1. The summed E-state index contributed by atoms with van der Waals surface area (Å²) in [6.45, 7) is 13.3. The first kappa shape index (κ1) is 17.9. The van der Waals surface area contributed by atoms with Gasteiger partial charge in [-0.3, -0.25) is 4.79 Å². The van der Waals surface area contributed by atoms with E-state index >= 15 is 0 Å². The van der Waals surface area contributed by atoms with Crippen molar-refractivity contribution in [2.75, 3.05) is 6.54 Å². The smallest absolute Gasteiger partial charge is 0.254 e. The standard InChI is InChI=1S/C20H27N3OS/c1-13(2)17(14(3)18(21-5)22-20(4)8-9-20)19(24)23-10-6-16-15(12-23)7-11-25-16/h7,11,22H,5-6,8-10,12H2,1-4H3/b18-14-. The number of fused-ring (bicyclic) bond motifs is 1. The summed E-state index contributed by atoms with van der Waals surface area (Å²) in [6.07, 6.45) is 3.20. The van der Waals surface area contributed by atoms with Crippen LogP contribution in [0.2, 0.25) is 0 Å². The van der Waals surface area contributed by atoms with E-state index in [-0.39, 0.29) is 11.4 Å². The lowest BCUT2D eigenvalue weighted by Gasteiger charge is -2.29.